The Hall–Kier alpha value is -3.12. The number of hydrogen-bond donors (Lipinski definition) is 0. The standard InChI is InChI=1S/C23H20N2O3S/c1-2-9-25-18-13-19-20(28-11-10-27-19)14-21(18)29-23(25)24-22(26)17-8-7-15-5-3-4-6-16(15)12-17/h3-8,12-14H,2,9-11H2,1H3. The molecular weight excluding hydrogens is 384 g/mol. The van der Waals surface area contributed by atoms with Gasteiger partial charge in [0.2, 0.25) is 0 Å². The number of carbonyl (C=O) groups is 1. The maximum absolute atomic E-state index is 12.9. The number of benzene rings is 3. The SMILES string of the molecule is CCCn1c(=NC(=O)c2ccc3ccccc3c2)sc2cc3c(cc21)OCCO3. The highest BCUT2D eigenvalue weighted by atomic mass is 32.1. The first-order valence-corrected chi connectivity index (χ1v) is 10.6. The maximum Gasteiger partial charge on any atom is 0.279 e. The molecule has 0 bridgehead atoms. The van der Waals surface area contributed by atoms with E-state index in [0.717, 1.165) is 45.5 Å². The molecule has 1 aliphatic rings. The molecule has 6 heteroatoms. The zero-order chi connectivity index (χ0) is 19.8. The predicted octanol–water partition coefficient (Wildman–Crippen LogP) is 4.78. The number of aromatic nitrogens is 1. The van der Waals surface area contributed by atoms with Crippen molar-refractivity contribution in [1.29, 1.82) is 0 Å². The number of rotatable bonds is 3. The maximum atomic E-state index is 12.9. The van der Waals surface area contributed by atoms with Crippen molar-refractivity contribution in [3.8, 4) is 11.5 Å². The van der Waals surface area contributed by atoms with Crippen molar-refractivity contribution in [3.63, 3.8) is 0 Å². The molecule has 1 amide bonds. The van der Waals surface area contributed by atoms with Crippen LogP contribution in [0.4, 0.5) is 0 Å². The van der Waals surface area contributed by atoms with Gasteiger partial charge >= 0.3 is 0 Å². The Morgan fingerprint density at radius 1 is 1.03 bits per heavy atom. The fraction of sp³-hybridized carbons (Fsp3) is 0.217. The number of aryl methyl sites for hydroxylation is 1. The van der Waals surface area contributed by atoms with Crippen LogP contribution in [-0.4, -0.2) is 23.7 Å². The van der Waals surface area contributed by atoms with Crippen LogP contribution in [0.3, 0.4) is 0 Å². The zero-order valence-electron chi connectivity index (χ0n) is 16.1. The van der Waals surface area contributed by atoms with Gasteiger partial charge in [-0.3, -0.25) is 4.79 Å². The summed E-state index contributed by atoms with van der Waals surface area (Å²) >= 11 is 1.50. The predicted molar refractivity (Wildman–Crippen MR) is 115 cm³/mol. The molecular formula is C23H20N2O3S. The highest BCUT2D eigenvalue weighted by Crippen LogP contribution is 2.35. The van der Waals surface area contributed by atoms with Crippen LogP contribution in [0.2, 0.25) is 0 Å². The summed E-state index contributed by atoms with van der Waals surface area (Å²) < 4.78 is 14.6. The van der Waals surface area contributed by atoms with Gasteiger partial charge in [0.25, 0.3) is 5.91 Å². The van der Waals surface area contributed by atoms with Gasteiger partial charge in [0.15, 0.2) is 16.3 Å². The monoisotopic (exact) mass is 404 g/mol. The lowest BCUT2D eigenvalue weighted by molar-refractivity contribution is 0.0998. The van der Waals surface area contributed by atoms with Gasteiger partial charge in [0.05, 0.1) is 10.2 Å². The van der Waals surface area contributed by atoms with E-state index in [1.54, 1.807) is 0 Å². The Morgan fingerprint density at radius 3 is 2.59 bits per heavy atom. The number of amides is 1. The van der Waals surface area contributed by atoms with Gasteiger partial charge in [-0.1, -0.05) is 48.6 Å². The summed E-state index contributed by atoms with van der Waals surface area (Å²) in [5.74, 6) is 1.27. The highest BCUT2D eigenvalue weighted by Gasteiger charge is 2.17. The van der Waals surface area contributed by atoms with E-state index in [2.05, 4.69) is 16.5 Å². The third kappa shape index (κ3) is 3.29. The molecule has 0 fully saturated rings. The summed E-state index contributed by atoms with van der Waals surface area (Å²) in [5.41, 5.74) is 1.61. The van der Waals surface area contributed by atoms with Crippen LogP contribution in [0.25, 0.3) is 21.0 Å². The van der Waals surface area contributed by atoms with Crippen molar-refractivity contribution in [2.75, 3.05) is 13.2 Å². The molecule has 0 spiro atoms. The zero-order valence-corrected chi connectivity index (χ0v) is 16.9. The lowest BCUT2D eigenvalue weighted by Gasteiger charge is -2.18. The Kier molecular flexibility index (Phi) is 4.56. The minimum absolute atomic E-state index is 0.232. The van der Waals surface area contributed by atoms with Crippen LogP contribution in [0.15, 0.2) is 59.6 Å². The number of hydrogen-bond acceptors (Lipinski definition) is 4. The number of thiazole rings is 1. The second kappa shape index (κ2) is 7.37. The largest absolute Gasteiger partial charge is 0.486 e. The van der Waals surface area contributed by atoms with E-state index in [0.29, 0.717) is 23.6 Å². The molecule has 146 valence electrons. The fourth-order valence-corrected chi connectivity index (χ4v) is 4.67. The van der Waals surface area contributed by atoms with E-state index in [9.17, 15) is 4.79 Å². The molecule has 1 aliphatic heterocycles. The van der Waals surface area contributed by atoms with Crippen molar-refractivity contribution < 1.29 is 14.3 Å². The van der Waals surface area contributed by atoms with Gasteiger partial charge in [-0.05, 0) is 29.3 Å². The molecule has 0 radical (unpaired) electrons. The molecule has 29 heavy (non-hydrogen) atoms. The van der Waals surface area contributed by atoms with E-state index in [-0.39, 0.29) is 5.91 Å². The molecule has 0 atom stereocenters. The molecule has 0 unspecified atom stereocenters. The minimum Gasteiger partial charge on any atom is -0.486 e. The topological polar surface area (TPSA) is 52.8 Å². The van der Waals surface area contributed by atoms with Crippen LogP contribution >= 0.6 is 11.3 Å². The first-order chi connectivity index (χ1) is 14.2. The molecule has 5 nitrogen and oxygen atoms in total. The van der Waals surface area contributed by atoms with Crippen LogP contribution in [0.5, 0.6) is 11.5 Å². The summed E-state index contributed by atoms with van der Waals surface area (Å²) in [7, 11) is 0. The Bertz CT molecular complexity index is 1300. The summed E-state index contributed by atoms with van der Waals surface area (Å²) in [6.07, 6.45) is 0.942. The average molecular weight is 404 g/mol. The van der Waals surface area contributed by atoms with Gasteiger partial charge in [-0.2, -0.15) is 4.99 Å². The third-order valence-electron chi connectivity index (χ3n) is 4.99. The normalized spacial score (nSPS) is 13.9. The van der Waals surface area contributed by atoms with Crippen molar-refractivity contribution >= 4 is 38.2 Å². The molecule has 0 saturated carbocycles. The highest BCUT2D eigenvalue weighted by molar-refractivity contribution is 7.16. The molecule has 0 aliphatic carbocycles. The molecule has 5 rings (SSSR count). The van der Waals surface area contributed by atoms with E-state index in [1.165, 1.54) is 11.3 Å². The van der Waals surface area contributed by atoms with E-state index in [1.807, 2.05) is 54.6 Å². The molecule has 4 aromatic rings. The first kappa shape index (κ1) is 17.9. The number of fused-ring (bicyclic) bond motifs is 3. The molecule has 0 N–H and O–H groups in total. The molecule has 0 saturated heterocycles. The van der Waals surface area contributed by atoms with Crippen molar-refractivity contribution in [3.05, 3.63) is 65.0 Å². The molecule has 3 aromatic carbocycles. The van der Waals surface area contributed by atoms with Gasteiger partial charge in [0, 0.05) is 24.2 Å². The average Bonchev–Trinajstić information content (AvgIpc) is 3.08. The second-order valence-electron chi connectivity index (χ2n) is 6.98. The quantitative estimate of drug-likeness (QED) is 0.494. The first-order valence-electron chi connectivity index (χ1n) is 9.74. The lowest BCUT2D eigenvalue weighted by Crippen LogP contribution is -2.17. The molecule has 1 aromatic heterocycles. The number of nitrogens with zero attached hydrogens (tertiary/aromatic N) is 2. The van der Waals surface area contributed by atoms with E-state index < -0.39 is 0 Å². The van der Waals surface area contributed by atoms with E-state index >= 15 is 0 Å². The van der Waals surface area contributed by atoms with Crippen LogP contribution in [0.1, 0.15) is 23.7 Å². The second-order valence-corrected chi connectivity index (χ2v) is 7.99. The van der Waals surface area contributed by atoms with Crippen LogP contribution < -0.4 is 14.3 Å². The summed E-state index contributed by atoms with van der Waals surface area (Å²) in [4.78, 5) is 18.1. The van der Waals surface area contributed by atoms with Crippen molar-refractivity contribution in [2.24, 2.45) is 4.99 Å². The van der Waals surface area contributed by atoms with Crippen LogP contribution in [-0.2, 0) is 6.54 Å². The Morgan fingerprint density at radius 2 is 1.79 bits per heavy atom. The Balaban J connectivity index is 1.62. The van der Waals surface area contributed by atoms with Gasteiger partial charge in [-0.25, -0.2) is 0 Å². The lowest BCUT2D eigenvalue weighted by atomic mass is 10.1. The van der Waals surface area contributed by atoms with Gasteiger partial charge in [0.1, 0.15) is 13.2 Å². The van der Waals surface area contributed by atoms with Gasteiger partial charge in [-0.15, -0.1) is 0 Å². The summed E-state index contributed by atoms with van der Waals surface area (Å²) in [6, 6.07) is 17.7. The van der Waals surface area contributed by atoms with Crippen molar-refractivity contribution in [1.82, 2.24) is 4.57 Å². The van der Waals surface area contributed by atoms with E-state index in [4.69, 9.17) is 9.47 Å². The smallest absolute Gasteiger partial charge is 0.279 e. The Labute approximate surface area is 171 Å². The summed E-state index contributed by atoms with van der Waals surface area (Å²) in [5, 5.41) is 2.14. The number of ether oxygens (including phenoxy) is 2. The third-order valence-corrected chi connectivity index (χ3v) is 6.03. The van der Waals surface area contributed by atoms with Crippen molar-refractivity contribution in [2.45, 2.75) is 19.9 Å². The summed E-state index contributed by atoms with van der Waals surface area (Å²) in [6.45, 7) is 4.00. The molecule has 2 heterocycles. The number of carbonyl (C=O) groups excluding carboxylic acids is 1. The minimum atomic E-state index is -0.232. The van der Waals surface area contributed by atoms with Crippen LogP contribution in [0, 0.1) is 0 Å². The van der Waals surface area contributed by atoms with Gasteiger partial charge < -0.3 is 14.0 Å². The fourth-order valence-electron chi connectivity index (χ4n) is 3.61.